The third-order valence-corrected chi connectivity index (χ3v) is 13.2. The van der Waals surface area contributed by atoms with Gasteiger partial charge in [-0.3, -0.25) is 28.8 Å². The van der Waals surface area contributed by atoms with Gasteiger partial charge >= 0.3 is 5.97 Å². The van der Waals surface area contributed by atoms with Gasteiger partial charge in [0.05, 0.1) is 12.1 Å². The Kier molecular flexibility index (Phi) is 19.2. The van der Waals surface area contributed by atoms with E-state index in [-0.39, 0.29) is 43.7 Å². The first-order chi connectivity index (χ1) is 31.2. The summed E-state index contributed by atoms with van der Waals surface area (Å²) in [5.41, 5.74) is 14.9. The molecule has 0 saturated carbocycles. The number of aromatic nitrogens is 1. The highest BCUT2D eigenvalue weighted by molar-refractivity contribution is 8.76. The predicted molar refractivity (Wildman–Crippen MR) is 249 cm³/mol. The number of nitrogens with two attached hydrogens (primary N) is 2. The smallest absolute Gasteiger partial charge is 0.327 e. The Bertz CT molecular complexity index is 2250. The second-order valence-electron chi connectivity index (χ2n) is 15.8. The van der Waals surface area contributed by atoms with Crippen LogP contribution in [0.1, 0.15) is 42.9 Å². The first kappa shape index (κ1) is 50.1. The number of aliphatic carboxylic acids is 1. The Morgan fingerprint density at radius 2 is 1.15 bits per heavy atom. The minimum atomic E-state index is -1.64. The van der Waals surface area contributed by atoms with E-state index in [1.807, 2.05) is 24.3 Å². The number of fused-ring (bicyclic) bond motifs is 1. The molecule has 1 aliphatic rings. The SMILES string of the molecule is CC(O)C1NC(=O)C(CCCCN)NC(=O)C(Cc2c[nH]c3ccccc23)NC(=O)C(Cc2ccccc2)NC(=O)C(N)CSSCC(C(=O)O)NC(=O)C(Cc2ccccc2)NC1=O. The van der Waals surface area contributed by atoms with E-state index in [1.165, 1.54) is 6.92 Å². The van der Waals surface area contributed by atoms with Crippen molar-refractivity contribution in [3.8, 4) is 0 Å². The molecule has 0 radical (unpaired) electrons. The van der Waals surface area contributed by atoms with Crippen LogP contribution in [0.2, 0.25) is 0 Å². The molecule has 1 aromatic heterocycles. The lowest BCUT2D eigenvalue weighted by Gasteiger charge is -2.28. The molecule has 5 rings (SSSR count). The van der Waals surface area contributed by atoms with Gasteiger partial charge in [0, 0.05) is 47.9 Å². The number of para-hydroxylation sites is 1. The molecule has 65 heavy (non-hydrogen) atoms. The zero-order valence-electron chi connectivity index (χ0n) is 35.9. The number of aliphatic hydroxyl groups is 1. The number of benzene rings is 3. The van der Waals surface area contributed by atoms with Crippen LogP contribution in [0.15, 0.2) is 91.1 Å². The van der Waals surface area contributed by atoms with E-state index >= 15 is 0 Å². The summed E-state index contributed by atoms with van der Waals surface area (Å²) in [4.78, 5) is 100. The Labute approximate surface area is 384 Å². The van der Waals surface area contributed by atoms with Crippen LogP contribution in [-0.4, -0.2) is 123 Å². The number of aliphatic hydroxyl groups excluding tert-OH is 1. The summed E-state index contributed by atoms with van der Waals surface area (Å²) in [6.45, 7) is 1.55. The number of carbonyl (C=O) groups is 7. The summed E-state index contributed by atoms with van der Waals surface area (Å²) in [6, 6.07) is 15.5. The van der Waals surface area contributed by atoms with E-state index < -0.39 is 89.8 Å². The van der Waals surface area contributed by atoms with Gasteiger partial charge in [-0.25, -0.2) is 4.79 Å². The quantitative estimate of drug-likeness (QED) is 0.0680. The van der Waals surface area contributed by atoms with Crippen LogP contribution < -0.4 is 43.4 Å². The van der Waals surface area contributed by atoms with Crippen molar-refractivity contribution in [1.82, 2.24) is 36.9 Å². The van der Waals surface area contributed by atoms with E-state index in [2.05, 4.69) is 36.9 Å². The Hall–Kier alpha value is -5.93. The lowest BCUT2D eigenvalue weighted by Crippen LogP contribution is -2.62. The van der Waals surface area contributed by atoms with Gasteiger partial charge < -0.3 is 58.6 Å². The molecule has 6 amide bonds. The molecule has 348 valence electrons. The topological polar surface area (TPSA) is 300 Å². The normalized spacial score (nSPS) is 24.1. The van der Waals surface area contributed by atoms with E-state index in [0.29, 0.717) is 29.5 Å². The van der Waals surface area contributed by atoms with Crippen LogP contribution in [0.25, 0.3) is 10.9 Å². The van der Waals surface area contributed by atoms with E-state index in [4.69, 9.17) is 11.5 Å². The molecule has 0 bridgehead atoms. The third kappa shape index (κ3) is 15.1. The fourth-order valence-electron chi connectivity index (χ4n) is 7.11. The van der Waals surface area contributed by atoms with Crippen LogP contribution in [0, 0.1) is 0 Å². The lowest BCUT2D eigenvalue weighted by molar-refractivity contribution is -0.141. The molecule has 8 unspecified atom stereocenters. The van der Waals surface area contributed by atoms with E-state index in [9.17, 15) is 43.8 Å². The highest BCUT2D eigenvalue weighted by Gasteiger charge is 2.36. The fourth-order valence-corrected chi connectivity index (χ4v) is 9.39. The van der Waals surface area contributed by atoms with Gasteiger partial charge in [0.1, 0.15) is 36.3 Å². The van der Waals surface area contributed by atoms with Crippen LogP contribution in [0.4, 0.5) is 0 Å². The molecular weight excluding hydrogens is 875 g/mol. The van der Waals surface area contributed by atoms with Crippen LogP contribution in [0.3, 0.4) is 0 Å². The van der Waals surface area contributed by atoms with Gasteiger partial charge in [0.15, 0.2) is 0 Å². The number of carboxylic acids is 1. The molecular formula is C45H57N9O9S2. The molecule has 4 aromatic rings. The Balaban J connectivity index is 1.52. The first-order valence-corrected chi connectivity index (χ1v) is 23.8. The number of rotatable bonds is 12. The Morgan fingerprint density at radius 1 is 0.646 bits per heavy atom. The minimum Gasteiger partial charge on any atom is -0.480 e. The average molecular weight is 932 g/mol. The number of aromatic amines is 1. The van der Waals surface area contributed by atoms with Crippen molar-refractivity contribution >= 4 is 73.9 Å². The molecule has 0 spiro atoms. The van der Waals surface area contributed by atoms with Gasteiger partial charge in [0.25, 0.3) is 0 Å². The van der Waals surface area contributed by atoms with Gasteiger partial charge in [0.2, 0.25) is 35.4 Å². The summed E-state index contributed by atoms with van der Waals surface area (Å²) < 4.78 is 0. The van der Waals surface area contributed by atoms with Crippen molar-refractivity contribution in [2.24, 2.45) is 11.5 Å². The standard InChI is InChI=1S/C45H57N9O9S2/c1-26(55)38-44(61)52-35(21-28-14-6-3-7-15-28)42(59)53-37(45(62)63)25-65-64-24-31(47)39(56)50-34(20-27-12-4-2-5-13-27)41(58)51-36(22-29-23-48-32-17-9-8-16-30(29)32)43(60)49-33(40(57)54-38)18-10-11-19-46/h2-9,12-17,23,26,31,33-38,48,55H,10-11,18-22,24-25,46-47H2,1H3,(H,49,60)(H,50,56)(H,51,58)(H,52,61)(H,53,59)(H,54,57)(H,62,63). The van der Waals surface area contributed by atoms with Gasteiger partial charge in [-0.05, 0) is 55.5 Å². The number of hydrogen-bond donors (Lipinski definition) is 11. The largest absolute Gasteiger partial charge is 0.480 e. The number of H-pyrrole nitrogens is 1. The first-order valence-electron chi connectivity index (χ1n) is 21.3. The van der Waals surface area contributed by atoms with Gasteiger partial charge in [-0.1, -0.05) is 100 Å². The van der Waals surface area contributed by atoms with Crippen molar-refractivity contribution in [1.29, 1.82) is 0 Å². The lowest BCUT2D eigenvalue weighted by atomic mass is 10.0. The van der Waals surface area contributed by atoms with Crippen LogP contribution >= 0.6 is 21.6 Å². The highest BCUT2D eigenvalue weighted by atomic mass is 33.1. The van der Waals surface area contributed by atoms with Gasteiger partial charge in [-0.15, -0.1) is 0 Å². The molecule has 13 N–H and O–H groups in total. The van der Waals surface area contributed by atoms with E-state index in [0.717, 1.165) is 32.5 Å². The zero-order chi connectivity index (χ0) is 46.9. The average Bonchev–Trinajstić information content (AvgIpc) is 3.70. The van der Waals surface area contributed by atoms with Crippen LogP contribution in [-0.2, 0) is 52.8 Å². The second kappa shape index (κ2) is 24.9. The van der Waals surface area contributed by atoms with Crippen molar-refractivity contribution < 1.29 is 43.8 Å². The maximum Gasteiger partial charge on any atom is 0.327 e. The molecule has 8 atom stereocenters. The molecule has 1 saturated heterocycles. The van der Waals surface area contributed by atoms with Crippen molar-refractivity contribution in [3.63, 3.8) is 0 Å². The van der Waals surface area contributed by atoms with Crippen molar-refractivity contribution in [2.45, 2.75) is 93.8 Å². The molecule has 0 aliphatic carbocycles. The predicted octanol–water partition coefficient (Wildman–Crippen LogP) is 0.421. The Morgan fingerprint density at radius 3 is 1.75 bits per heavy atom. The van der Waals surface area contributed by atoms with Crippen molar-refractivity contribution in [3.05, 3.63) is 108 Å². The number of carboxylic acid groups (broad SMARTS) is 1. The monoisotopic (exact) mass is 931 g/mol. The zero-order valence-corrected chi connectivity index (χ0v) is 37.5. The van der Waals surface area contributed by atoms with Crippen LogP contribution in [0.5, 0.6) is 0 Å². The second-order valence-corrected chi connectivity index (χ2v) is 18.3. The molecule has 3 aromatic carbocycles. The molecule has 2 heterocycles. The number of carbonyl (C=O) groups excluding carboxylic acids is 6. The molecule has 1 fully saturated rings. The maximum absolute atomic E-state index is 14.5. The molecule has 20 heteroatoms. The van der Waals surface area contributed by atoms with Crippen molar-refractivity contribution in [2.75, 3.05) is 18.1 Å². The summed E-state index contributed by atoms with van der Waals surface area (Å²) in [6.07, 6.45) is 0.997. The third-order valence-electron chi connectivity index (χ3n) is 10.7. The molecule has 1 aliphatic heterocycles. The summed E-state index contributed by atoms with van der Waals surface area (Å²) >= 11 is 0. The number of unbranched alkanes of at least 4 members (excludes halogenated alkanes) is 1. The summed E-state index contributed by atoms with van der Waals surface area (Å²) in [7, 11) is 2.12. The number of amides is 6. The van der Waals surface area contributed by atoms with E-state index in [1.54, 1.807) is 66.9 Å². The molecule has 18 nitrogen and oxygen atoms in total. The maximum atomic E-state index is 14.5. The van der Waals surface area contributed by atoms with Gasteiger partial charge in [-0.2, -0.15) is 0 Å². The number of nitrogens with one attached hydrogen (secondary N) is 7. The fraction of sp³-hybridized carbons (Fsp3) is 0.400. The number of hydrogen-bond acceptors (Lipinski definition) is 12. The summed E-state index contributed by atoms with van der Waals surface area (Å²) in [5, 5.41) is 37.7. The highest BCUT2D eigenvalue weighted by Crippen LogP contribution is 2.23. The minimum absolute atomic E-state index is 0.0119. The summed E-state index contributed by atoms with van der Waals surface area (Å²) in [5.74, 6) is -6.34.